The number of hydrogen-bond acceptors (Lipinski definition) is 4. The monoisotopic (exact) mass is 301 g/mol. The first-order valence-corrected chi connectivity index (χ1v) is 6.21. The van der Waals surface area contributed by atoms with E-state index < -0.39 is 17.8 Å². The predicted molar refractivity (Wildman–Crippen MR) is 78.1 cm³/mol. The fourth-order valence-corrected chi connectivity index (χ4v) is 1.58. The third-order valence-corrected chi connectivity index (χ3v) is 2.57. The van der Waals surface area contributed by atoms with Crippen LogP contribution in [0.3, 0.4) is 0 Å². The third-order valence-electron chi connectivity index (χ3n) is 2.57. The molecule has 0 aliphatic heterocycles. The fraction of sp³-hybridized carbons (Fsp3) is 0. The number of ether oxygens (including phenoxy) is 1. The number of carbonyl (C=O) groups is 2. The minimum Gasteiger partial charge on any atom is -0.423 e. The number of esters is 1. The Balaban J connectivity index is 2.02. The number of nitrogens with zero attached hydrogens (tertiary/aromatic N) is 1. The van der Waals surface area contributed by atoms with Gasteiger partial charge in [0.2, 0.25) is 0 Å². The van der Waals surface area contributed by atoms with Crippen LogP contribution in [0.15, 0.2) is 53.6 Å². The zero-order chi connectivity index (χ0) is 15.9. The van der Waals surface area contributed by atoms with E-state index in [9.17, 15) is 14.0 Å². The van der Waals surface area contributed by atoms with Crippen molar-refractivity contribution >= 4 is 18.2 Å². The summed E-state index contributed by atoms with van der Waals surface area (Å²) >= 11 is 0. The van der Waals surface area contributed by atoms with Crippen LogP contribution in [0.2, 0.25) is 0 Å². The zero-order valence-electron chi connectivity index (χ0n) is 11.3. The van der Waals surface area contributed by atoms with Crippen molar-refractivity contribution in [3.05, 3.63) is 65.5 Å². The first kappa shape index (κ1) is 15.2. The molecule has 0 saturated carbocycles. The van der Waals surface area contributed by atoms with Gasteiger partial charge in [0.05, 0.1) is 11.8 Å². The Bertz CT molecular complexity index is 714. The summed E-state index contributed by atoms with van der Waals surface area (Å²) in [6.45, 7) is 0. The number of urea groups is 1. The van der Waals surface area contributed by atoms with E-state index in [1.165, 1.54) is 36.5 Å². The second-order valence-electron chi connectivity index (χ2n) is 4.17. The molecule has 0 saturated heterocycles. The molecule has 2 aromatic carbocycles. The summed E-state index contributed by atoms with van der Waals surface area (Å²) in [4.78, 5) is 22.3. The number of hydrogen-bond donors (Lipinski definition) is 2. The first-order chi connectivity index (χ1) is 10.6. The predicted octanol–water partition coefficient (Wildman–Crippen LogP) is 2.05. The Morgan fingerprint density at radius 1 is 1.14 bits per heavy atom. The van der Waals surface area contributed by atoms with Crippen LogP contribution in [-0.2, 0) is 0 Å². The highest BCUT2D eigenvalue weighted by Crippen LogP contribution is 2.15. The Morgan fingerprint density at radius 3 is 2.45 bits per heavy atom. The van der Waals surface area contributed by atoms with Crippen LogP contribution >= 0.6 is 0 Å². The summed E-state index contributed by atoms with van der Waals surface area (Å²) in [6.07, 6.45) is 1.37. The van der Waals surface area contributed by atoms with E-state index in [2.05, 4.69) is 5.10 Å². The SMILES string of the molecule is NC(=O)NN=Cc1ccc(OC(=O)c2ccccc2F)cc1. The van der Waals surface area contributed by atoms with Gasteiger partial charge in [-0.3, -0.25) is 0 Å². The number of carbonyl (C=O) groups excluding carboxylic acids is 2. The van der Waals surface area contributed by atoms with Gasteiger partial charge in [-0.05, 0) is 42.0 Å². The summed E-state index contributed by atoms with van der Waals surface area (Å²) in [5, 5.41) is 3.58. The van der Waals surface area contributed by atoms with Gasteiger partial charge < -0.3 is 10.5 Å². The van der Waals surface area contributed by atoms with E-state index in [0.29, 0.717) is 5.56 Å². The lowest BCUT2D eigenvalue weighted by Gasteiger charge is -2.05. The highest BCUT2D eigenvalue weighted by atomic mass is 19.1. The van der Waals surface area contributed by atoms with Crippen molar-refractivity contribution in [1.82, 2.24) is 5.43 Å². The van der Waals surface area contributed by atoms with E-state index >= 15 is 0 Å². The van der Waals surface area contributed by atoms with Crippen LogP contribution in [0.1, 0.15) is 15.9 Å². The molecule has 7 heteroatoms. The number of nitrogens with two attached hydrogens (primary N) is 1. The molecule has 0 heterocycles. The number of benzene rings is 2. The van der Waals surface area contributed by atoms with E-state index in [1.54, 1.807) is 18.2 Å². The van der Waals surface area contributed by atoms with Crippen LogP contribution in [-0.4, -0.2) is 18.2 Å². The molecule has 112 valence electrons. The standard InChI is InChI=1S/C15H12FN3O3/c16-13-4-2-1-3-12(13)14(20)22-11-7-5-10(6-8-11)9-18-19-15(17)21/h1-9H,(H3,17,19,21). The molecule has 0 radical (unpaired) electrons. The van der Waals surface area contributed by atoms with E-state index in [-0.39, 0.29) is 11.3 Å². The van der Waals surface area contributed by atoms with Gasteiger partial charge in [-0.15, -0.1) is 0 Å². The fourth-order valence-electron chi connectivity index (χ4n) is 1.58. The molecule has 2 amide bonds. The maximum absolute atomic E-state index is 13.4. The van der Waals surface area contributed by atoms with E-state index in [0.717, 1.165) is 0 Å². The highest BCUT2D eigenvalue weighted by Gasteiger charge is 2.12. The summed E-state index contributed by atoms with van der Waals surface area (Å²) < 4.78 is 18.5. The quantitative estimate of drug-likeness (QED) is 0.391. The minimum absolute atomic E-state index is 0.140. The van der Waals surface area contributed by atoms with Crippen LogP contribution in [0.4, 0.5) is 9.18 Å². The largest absolute Gasteiger partial charge is 0.423 e. The number of rotatable bonds is 4. The van der Waals surface area contributed by atoms with Crippen molar-refractivity contribution in [2.45, 2.75) is 0 Å². The van der Waals surface area contributed by atoms with Gasteiger partial charge in [-0.25, -0.2) is 19.4 Å². The number of primary amides is 1. The smallest absolute Gasteiger partial charge is 0.346 e. The average molecular weight is 301 g/mol. The van der Waals surface area contributed by atoms with Crippen molar-refractivity contribution < 1.29 is 18.7 Å². The number of halogens is 1. The Hall–Kier alpha value is -3.22. The van der Waals surface area contributed by atoms with Crippen molar-refractivity contribution in [3.63, 3.8) is 0 Å². The Labute approximate surface area is 125 Å². The van der Waals surface area contributed by atoms with Crippen molar-refractivity contribution in [2.75, 3.05) is 0 Å². The lowest BCUT2D eigenvalue weighted by molar-refractivity contribution is 0.0730. The Morgan fingerprint density at radius 2 is 1.82 bits per heavy atom. The maximum atomic E-state index is 13.4. The van der Waals surface area contributed by atoms with Crippen molar-refractivity contribution in [3.8, 4) is 5.75 Å². The molecular weight excluding hydrogens is 289 g/mol. The van der Waals surface area contributed by atoms with Gasteiger partial charge >= 0.3 is 12.0 Å². The molecule has 2 rings (SSSR count). The molecule has 0 unspecified atom stereocenters. The van der Waals surface area contributed by atoms with Gasteiger partial charge in [0.25, 0.3) is 0 Å². The molecule has 22 heavy (non-hydrogen) atoms. The van der Waals surface area contributed by atoms with Gasteiger partial charge in [-0.2, -0.15) is 5.10 Å². The molecule has 3 N–H and O–H groups in total. The van der Waals surface area contributed by atoms with Crippen LogP contribution in [0.5, 0.6) is 5.75 Å². The molecule has 0 aromatic heterocycles. The van der Waals surface area contributed by atoms with Crippen LogP contribution in [0, 0.1) is 5.82 Å². The van der Waals surface area contributed by atoms with Crippen LogP contribution < -0.4 is 15.9 Å². The minimum atomic E-state index is -0.782. The van der Waals surface area contributed by atoms with Gasteiger partial charge in [0.1, 0.15) is 11.6 Å². The average Bonchev–Trinajstić information content (AvgIpc) is 2.49. The molecule has 0 spiro atoms. The molecule has 0 atom stereocenters. The third kappa shape index (κ3) is 4.14. The second-order valence-corrected chi connectivity index (χ2v) is 4.17. The molecular formula is C15H12FN3O3. The highest BCUT2D eigenvalue weighted by molar-refractivity contribution is 5.91. The molecule has 0 fully saturated rings. The molecule has 0 aliphatic carbocycles. The summed E-state index contributed by atoms with van der Waals surface area (Å²) in [5.74, 6) is -1.17. The van der Waals surface area contributed by atoms with E-state index in [1.807, 2.05) is 5.43 Å². The van der Waals surface area contributed by atoms with Gasteiger partial charge in [0.15, 0.2) is 0 Å². The number of amides is 2. The summed E-state index contributed by atoms with van der Waals surface area (Å²) in [5.41, 5.74) is 7.41. The molecule has 0 aliphatic rings. The van der Waals surface area contributed by atoms with Crippen molar-refractivity contribution in [2.24, 2.45) is 10.8 Å². The lowest BCUT2D eigenvalue weighted by Crippen LogP contribution is -2.24. The van der Waals surface area contributed by atoms with Crippen molar-refractivity contribution in [1.29, 1.82) is 0 Å². The zero-order valence-corrected chi connectivity index (χ0v) is 11.3. The molecule has 0 bridgehead atoms. The van der Waals surface area contributed by atoms with Crippen LogP contribution in [0.25, 0.3) is 0 Å². The first-order valence-electron chi connectivity index (χ1n) is 6.21. The maximum Gasteiger partial charge on any atom is 0.346 e. The normalized spacial score (nSPS) is 10.4. The number of nitrogens with one attached hydrogen (secondary N) is 1. The Kier molecular flexibility index (Phi) is 4.81. The number of hydrazone groups is 1. The van der Waals surface area contributed by atoms with Gasteiger partial charge in [0, 0.05) is 0 Å². The summed E-state index contributed by atoms with van der Waals surface area (Å²) in [7, 11) is 0. The molecule has 6 nitrogen and oxygen atoms in total. The topological polar surface area (TPSA) is 93.8 Å². The van der Waals surface area contributed by atoms with Gasteiger partial charge in [-0.1, -0.05) is 12.1 Å². The molecule has 2 aromatic rings. The summed E-state index contributed by atoms with van der Waals surface area (Å²) in [6, 6.07) is 11.0. The second kappa shape index (κ2) is 6.98. The lowest BCUT2D eigenvalue weighted by atomic mass is 10.2. The van der Waals surface area contributed by atoms with E-state index in [4.69, 9.17) is 10.5 Å².